The van der Waals surface area contributed by atoms with Gasteiger partial charge >= 0.3 is 0 Å². The second kappa shape index (κ2) is 7.06. The molecule has 2 nitrogen and oxygen atoms in total. The molecule has 0 spiro atoms. The summed E-state index contributed by atoms with van der Waals surface area (Å²) in [6.45, 7) is 8.13. The Morgan fingerprint density at radius 1 is 1.21 bits per heavy atom. The second-order valence-electron chi connectivity index (χ2n) is 5.67. The fourth-order valence-corrected chi connectivity index (χ4v) is 1.57. The smallest absolute Gasteiger partial charge is 0.198 e. The molecule has 1 rings (SSSR count). The van der Waals surface area contributed by atoms with Gasteiger partial charge in [-0.05, 0) is 39.5 Å². The largest absolute Gasteiger partial charge is 0.288 e. The fraction of sp³-hybridized carbons (Fsp3) is 0.471. The maximum Gasteiger partial charge on any atom is 0.198 e. The Kier molecular flexibility index (Phi) is 5.72. The van der Waals surface area contributed by atoms with Gasteiger partial charge in [-0.3, -0.25) is 4.79 Å². The van der Waals surface area contributed by atoms with Crippen molar-refractivity contribution in [1.82, 2.24) is 0 Å². The van der Waals surface area contributed by atoms with Gasteiger partial charge in [0.1, 0.15) is 0 Å². The molecular formula is C17H23NO. The minimum Gasteiger partial charge on any atom is -0.288 e. The van der Waals surface area contributed by atoms with Crippen LogP contribution in [0.4, 0.5) is 0 Å². The van der Waals surface area contributed by atoms with E-state index < -0.39 is 0 Å². The number of rotatable bonds is 5. The number of hydrogen-bond donors (Lipinski definition) is 0. The topological polar surface area (TPSA) is 29.4 Å². The number of aliphatic imine (C=N–C) groups is 1. The molecule has 0 aliphatic carbocycles. The molecule has 0 N–H and O–H groups in total. The Balaban J connectivity index is 3.04. The molecule has 0 amide bonds. The highest BCUT2D eigenvalue weighted by molar-refractivity contribution is 6.13. The van der Waals surface area contributed by atoms with Crippen LogP contribution in [0.5, 0.6) is 0 Å². The van der Waals surface area contributed by atoms with Crippen molar-refractivity contribution in [1.29, 1.82) is 0 Å². The van der Waals surface area contributed by atoms with Crippen molar-refractivity contribution in [3.05, 3.63) is 41.5 Å². The van der Waals surface area contributed by atoms with E-state index in [-0.39, 0.29) is 11.3 Å². The highest BCUT2D eigenvalue weighted by atomic mass is 16.1. The van der Waals surface area contributed by atoms with E-state index in [1.54, 1.807) is 0 Å². The third-order valence-electron chi connectivity index (χ3n) is 2.62. The van der Waals surface area contributed by atoms with Gasteiger partial charge in [-0.2, -0.15) is 0 Å². The molecule has 0 saturated heterocycles. The number of allylic oxidation sites excluding steroid dienone is 1. The van der Waals surface area contributed by atoms with Crippen LogP contribution < -0.4 is 0 Å². The van der Waals surface area contributed by atoms with Gasteiger partial charge in [0.25, 0.3) is 0 Å². The minimum absolute atomic E-state index is 0.0436. The third kappa shape index (κ3) is 5.67. The van der Waals surface area contributed by atoms with Crippen LogP contribution in [0, 0.1) is 0 Å². The molecule has 0 radical (unpaired) electrons. The lowest BCUT2D eigenvalue weighted by Crippen LogP contribution is -2.10. The SMILES string of the molecule is CCCCC(=C=NC(C)(C)C)C(=O)c1ccccc1. The summed E-state index contributed by atoms with van der Waals surface area (Å²) >= 11 is 0. The lowest BCUT2D eigenvalue weighted by atomic mass is 10.00. The van der Waals surface area contributed by atoms with E-state index in [1.165, 1.54) is 0 Å². The van der Waals surface area contributed by atoms with E-state index in [0.29, 0.717) is 11.1 Å². The average Bonchev–Trinajstić information content (AvgIpc) is 2.38. The Morgan fingerprint density at radius 2 is 1.84 bits per heavy atom. The van der Waals surface area contributed by atoms with E-state index in [9.17, 15) is 4.79 Å². The van der Waals surface area contributed by atoms with E-state index in [1.807, 2.05) is 51.1 Å². The summed E-state index contributed by atoms with van der Waals surface area (Å²) in [6, 6.07) is 9.35. The Morgan fingerprint density at radius 3 is 2.37 bits per heavy atom. The van der Waals surface area contributed by atoms with Gasteiger partial charge in [0.2, 0.25) is 0 Å². The number of carbonyl (C=O) groups excluding carboxylic acids is 1. The summed E-state index contributed by atoms with van der Waals surface area (Å²) < 4.78 is 0. The van der Waals surface area contributed by atoms with Gasteiger partial charge < -0.3 is 0 Å². The Bertz CT molecular complexity index is 474. The molecule has 19 heavy (non-hydrogen) atoms. The maximum atomic E-state index is 12.4. The summed E-state index contributed by atoms with van der Waals surface area (Å²) in [7, 11) is 0. The molecule has 0 unspecified atom stereocenters. The minimum atomic E-state index is -0.200. The average molecular weight is 257 g/mol. The normalized spacial score (nSPS) is 10.7. The maximum absolute atomic E-state index is 12.4. The molecular weight excluding hydrogens is 234 g/mol. The molecule has 2 heteroatoms. The van der Waals surface area contributed by atoms with Crippen molar-refractivity contribution in [3.8, 4) is 0 Å². The van der Waals surface area contributed by atoms with E-state index >= 15 is 0 Å². The standard InChI is InChI=1S/C17H23NO/c1-5-6-10-15(13-18-17(2,3)4)16(19)14-11-8-7-9-12-14/h7-9,11-12H,5-6,10H2,1-4H3. The fourth-order valence-electron chi connectivity index (χ4n) is 1.57. The van der Waals surface area contributed by atoms with Gasteiger partial charge in [0.05, 0.1) is 11.1 Å². The first kappa shape index (κ1) is 15.4. The highest BCUT2D eigenvalue weighted by Gasteiger charge is 2.12. The molecule has 0 aromatic heterocycles. The van der Waals surface area contributed by atoms with E-state index in [0.717, 1.165) is 19.3 Å². The second-order valence-corrected chi connectivity index (χ2v) is 5.67. The van der Waals surface area contributed by atoms with Crippen molar-refractivity contribution >= 4 is 11.7 Å². The summed E-state index contributed by atoms with van der Waals surface area (Å²) in [4.78, 5) is 16.8. The van der Waals surface area contributed by atoms with Crippen LogP contribution in [0.25, 0.3) is 0 Å². The number of unbranched alkanes of at least 4 members (excludes halogenated alkanes) is 1. The van der Waals surface area contributed by atoms with Crippen LogP contribution in [-0.4, -0.2) is 17.2 Å². The molecule has 0 aliphatic heterocycles. The quantitative estimate of drug-likeness (QED) is 0.435. The number of ketones is 1. The number of carbonyl (C=O) groups is 1. The zero-order valence-electron chi connectivity index (χ0n) is 12.4. The summed E-state index contributed by atoms with van der Waals surface area (Å²) in [5.41, 5.74) is 1.20. The summed E-state index contributed by atoms with van der Waals surface area (Å²) in [5, 5.41) is 0. The van der Waals surface area contributed by atoms with Gasteiger partial charge in [-0.15, -0.1) is 0 Å². The predicted octanol–water partition coefficient (Wildman–Crippen LogP) is 4.45. The van der Waals surface area contributed by atoms with Crippen molar-refractivity contribution < 1.29 is 4.79 Å². The number of nitrogens with zero attached hydrogens (tertiary/aromatic N) is 1. The Hall–Kier alpha value is -1.66. The van der Waals surface area contributed by atoms with Crippen molar-refractivity contribution in [2.75, 3.05) is 0 Å². The molecule has 0 heterocycles. The molecule has 0 fully saturated rings. The van der Waals surface area contributed by atoms with Crippen molar-refractivity contribution in [2.24, 2.45) is 4.99 Å². The zero-order valence-corrected chi connectivity index (χ0v) is 12.4. The third-order valence-corrected chi connectivity index (χ3v) is 2.62. The molecule has 0 aliphatic rings. The molecule has 0 atom stereocenters. The predicted molar refractivity (Wildman–Crippen MR) is 81.0 cm³/mol. The van der Waals surface area contributed by atoms with E-state index in [4.69, 9.17) is 0 Å². The van der Waals surface area contributed by atoms with Gasteiger partial charge in [0.15, 0.2) is 5.78 Å². The van der Waals surface area contributed by atoms with E-state index in [2.05, 4.69) is 17.8 Å². The first-order valence-electron chi connectivity index (χ1n) is 6.87. The van der Waals surface area contributed by atoms with Crippen LogP contribution in [0.1, 0.15) is 57.3 Å². The van der Waals surface area contributed by atoms with Gasteiger partial charge in [0, 0.05) is 5.56 Å². The Labute approximate surface area is 116 Å². The summed E-state index contributed by atoms with van der Waals surface area (Å²) in [6.07, 6.45) is 2.78. The van der Waals surface area contributed by atoms with Crippen LogP contribution >= 0.6 is 0 Å². The summed E-state index contributed by atoms with van der Waals surface area (Å²) in [5.74, 6) is 3.03. The van der Waals surface area contributed by atoms with Crippen LogP contribution in [0.15, 0.2) is 40.9 Å². The molecule has 0 saturated carbocycles. The van der Waals surface area contributed by atoms with Crippen LogP contribution in [-0.2, 0) is 0 Å². The van der Waals surface area contributed by atoms with Gasteiger partial charge in [-0.25, -0.2) is 4.99 Å². The first-order chi connectivity index (χ1) is 8.94. The lowest BCUT2D eigenvalue weighted by Gasteiger charge is -2.09. The van der Waals surface area contributed by atoms with Crippen LogP contribution in [0.3, 0.4) is 0 Å². The number of benzene rings is 1. The number of Topliss-reactive ketones (excluding diaryl/α,β-unsaturated/α-hetero) is 1. The molecule has 102 valence electrons. The molecule has 0 bridgehead atoms. The highest BCUT2D eigenvalue weighted by Crippen LogP contribution is 2.13. The van der Waals surface area contributed by atoms with Gasteiger partial charge in [-0.1, -0.05) is 43.7 Å². The van der Waals surface area contributed by atoms with Crippen molar-refractivity contribution in [3.63, 3.8) is 0 Å². The molecule has 1 aromatic rings. The lowest BCUT2D eigenvalue weighted by molar-refractivity contribution is 0.103. The zero-order chi connectivity index (χ0) is 14.3. The number of hydrogen-bond acceptors (Lipinski definition) is 2. The van der Waals surface area contributed by atoms with Crippen LogP contribution in [0.2, 0.25) is 0 Å². The first-order valence-corrected chi connectivity index (χ1v) is 6.87. The van der Waals surface area contributed by atoms with Crippen molar-refractivity contribution in [2.45, 2.75) is 52.5 Å². The molecule has 1 aromatic carbocycles. The monoisotopic (exact) mass is 257 g/mol.